The lowest BCUT2D eigenvalue weighted by Gasteiger charge is -2.06. The van der Waals surface area contributed by atoms with Crippen LogP contribution in [-0.2, 0) is 0 Å². The third-order valence-corrected chi connectivity index (χ3v) is 4.90. The molecule has 0 radical (unpaired) electrons. The number of carbonyl (C=O) groups is 2. The normalized spacial score (nSPS) is 9.89. The average Bonchev–Trinajstić information content (AvgIpc) is 2.91. The first-order valence-corrected chi connectivity index (χ1v) is 11.2. The molecule has 0 spiro atoms. The van der Waals surface area contributed by atoms with Crippen LogP contribution in [0.15, 0.2) is 85.2 Å². The van der Waals surface area contributed by atoms with Crippen LogP contribution in [0.3, 0.4) is 0 Å². The van der Waals surface area contributed by atoms with Crippen LogP contribution in [0.1, 0.15) is 32.1 Å². The highest BCUT2D eigenvalue weighted by molar-refractivity contribution is 5.92. The second-order valence-electron chi connectivity index (χ2n) is 7.74. The van der Waals surface area contributed by atoms with Gasteiger partial charge in [-0.25, -0.2) is 0 Å². The van der Waals surface area contributed by atoms with Crippen LogP contribution >= 0.6 is 0 Å². The highest BCUT2D eigenvalue weighted by atomic mass is 16.5. The number of rotatable bonds is 6. The number of aromatic nitrogens is 2. The number of aryl methyl sites for hydroxylation is 2. The summed E-state index contributed by atoms with van der Waals surface area (Å²) >= 11 is 0. The minimum atomic E-state index is -0.232. The van der Waals surface area contributed by atoms with Gasteiger partial charge in [0.15, 0.2) is 0 Å². The van der Waals surface area contributed by atoms with Crippen LogP contribution in [0, 0.1) is 13.8 Å². The molecule has 2 aromatic heterocycles. The van der Waals surface area contributed by atoms with E-state index in [1.807, 2.05) is 62.4 Å². The fraction of sp³-hybridized carbons (Fsp3) is 0.143. The summed E-state index contributed by atoms with van der Waals surface area (Å²) in [6.07, 6.45) is 3.10. The molecular formula is C28H28N4O4. The maximum absolute atomic E-state index is 11.4. The van der Waals surface area contributed by atoms with E-state index in [9.17, 15) is 9.59 Å². The summed E-state index contributed by atoms with van der Waals surface area (Å²) in [5, 5.41) is 5.05. The molecule has 0 fully saturated rings. The van der Waals surface area contributed by atoms with Crippen molar-refractivity contribution in [1.82, 2.24) is 20.6 Å². The molecular weight excluding hydrogens is 456 g/mol. The molecule has 8 nitrogen and oxygen atoms in total. The number of hydrogen-bond acceptors (Lipinski definition) is 6. The van der Waals surface area contributed by atoms with Crippen molar-refractivity contribution in [2.24, 2.45) is 0 Å². The van der Waals surface area contributed by atoms with E-state index in [0.29, 0.717) is 22.9 Å². The van der Waals surface area contributed by atoms with Gasteiger partial charge in [0.1, 0.15) is 34.4 Å². The zero-order valence-corrected chi connectivity index (χ0v) is 20.6. The molecule has 36 heavy (non-hydrogen) atoms. The van der Waals surface area contributed by atoms with Crippen LogP contribution in [0.5, 0.6) is 23.0 Å². The maximum atomic E-state index is 11.4. The van der Waals surface area contributed by atoms with Crippen molar-refractivity contribution in [3.8, 4) is 23.0 Å². The van der Waals surface area contributed by atoms with Gasteiger partial charge >= 0.3 is 0 Å². The van der Waals surface area contributed by atoms with E-state index >= 15 is 0 Å². The molecule has 0 saturated carbocycles. The number of carbonyl (C=O) groups excluding carboxylic acids is 2. The molecule has 0 aliphatic carbocycles. The van der Waals surface area contributed by atoms with Crippen molar-refractivity contribution in [3.63, 3.8) is 0 Å². The standard InChI is InChI=1S/2C14H14N2O2/c2*1-10-3-5-11(6-4-10)18-12-7-8-16-13(9-12)14(17)15-2/h2*3-9H,1-2H3,(H,15,17). The van der Waals surface area contributed by atoms with E-state index in [1.54, 1.807) is 50.8 Å². The Hall–Kier alpha value is -4.72. The molecule has 2 heterocycles. The fourth-order valence-corrected chi connectivity index (χ4v) is 2.94. The molecule has 0 unspecified atom stereocenters. The predicted octanol–water partition coefficient (Wildman–Crippen LogP) is 5.08. The number of amides is 2. The van der Waals surface area contributed by atoms with Gasteiger partial charge in [0.25, 0.3) is 11.8 Å². The molecule has 0 aliphatic heterocycles. The molecule has 184 valence electrons. The molecule has 2 aromatic carbocycles. The summed E-state index contributed by atoms with van der Waals surface area (Å²) in [7, 11) is 3.13. The lowest BCUT2D eigenvalue weighted by molar-refractivity contribution is 0.0950. The third-order valence-electron chi connectivity index (χ3n) is 4.90. The van der Waals surface area contributed by atoms with Gasteiger partial charge in [-0.1, -0.05) is 35.4 Å². The monoisotopic (exact) mass is 484 g/mol. The summed E-state index contributed by atoms with van der Waals surface area (Å²) in [5.74, 6) is 2.18. The molecule has 0 bridgehead atoms. The van der Waals surface area contributed by atoms with Crippen molar-refractivity contribution in [3.05, 3.63) is 108 Å². The molecule has 2 amide bonds. The summed E-state index contributed by atoms with van der Waals surface area (Å²) in [5.41, 5.74) is 3.01. The Bertz CT molecular complexity index is 1200. The fourth-order valence-electron chi connectivity index (χ4n) is 2.94. The number of hydrogen-bond donors (Lipinski definition) is 2. The second-order valence-corrected chi connectivity index (χ2v) is 7.74. The third kappa shape index (κ3) is 7.66. The lowest BCUT2D eigenvalue weighted by Crippen LogP contribution is -2.18. The zero-order valence-electron chi connectivity index (χ0n) is 20.6. The lowest BCUT2D eigenvalue weighted by atomic mass is 10.2. The number of nitrogens with one attached hydrogen (secondary N) is 2. The second kappa shape index (κ2) is 12.7. The van der Waals surface area contributed by atoms with Gasteiger partial charge in [-0.05, 0) is 50.2 Å². The Morgan fingerprint density at radius 3 is 1.28 bits per heavy atom. The van der Waals surface area contributed by atoms with E-state index in [1.165, 1.54) is 11.1 Å². The minimum Gasteiger partial charge on any atom is -0.457 e. The zero-order chi connectivity index (χ0) is 25.9. The topological polar surface area (TPSA) is 102 Å². The number of ether oxygens (including phenoxy) is 2. The van der Waals surface area contributed by atoms with Crippen LogP contribution in [0.2, 0.25) is 0 Å². The Morgan fingerprint density at radius 1 is 0.583 bits per heavy atom. The van der Waals surface area contributed by atoms with E-state index < -0.39 is 0 Å². The molecule has 4 aromatic rings. The average molecular weight is 485 g/mol. The van der Waals surface area contributed by atoms with Gasteiger partial charge in [0.2, 0.25) is 0 Å². The van der Waals surface area contributed by atoms with Crippen LogP contribution in [-0.4, -0.2) is 35.9 Å². The van der Waals surface area contributed by atoms with Crippen molar-refractivity contribution in [1.29, 1.82) is 0 Å². The predicted molar refractivity (Wildman–Crippen MR) is 138 cm³/mol. The first-order valence-electron chi connectivity index (χ1n) is 11.2. The van der Waals surface area contributed by atoms with Crippen LogP contribution < -0.4 is 20.1 Å². The molecule has 2 N–H and O–H groups in total. The van der Waals surface area contributed by atoms with Gasteiger partial charge in [-0.3, -0.25) is 19.6 Å². The quantitative estimate of drug-likeness (QED) is 0.396. The van der Waals surface area contributed by atoms with Crippen molar-refractivity contribution in [2.45, 2.75) is 13.8 Å². The minimum absolute atomic E-state index is 0.232. The van der Waals surface area contributed by atoms with Crippen LogP contribution in [0.4, 0.5) is 0 Å². The van der Waals surface area contributed by atoms with Crippen LogP contribution in [0.25, 0.3) is 0 Å². The summed E-state index contributed by atoms with van der Waals surface area (Å²) < 4.78 is 11.3. The SMILES string of the molecule is CNC(=O)c1cc(Oc2ccc(C)cc2)ccn1.CNC(=O)c1cc(Oc2ccc(C)cc2)ccn1. The summed E-state index contributed by atoms with van der Waals surface area (Å²) in [4.78, 5) is 30.8. The molecule has 8 heteroatoms. The van der Waals surface area contributed by atoms with E-state index in [0.717, 1.165) is 11.5 Å². The number of nitrogens with zero attached hydrogens (tertiary/aromatic N) is 2. The molecule has 0 atom stereocenters. The van der Waals surface area contributed by atoms with Crippen molar-refractivity contribution in [2.75, 3.05) is 14.1 Å². The van der Waals surface area contributed by atoms with Gasteiger partial charge in [-0.15, -0.1) is 0 Å². The highest BCUT2D eigenvalue weighted by Crippen LogP contribution is 2.22. The van der Waals surface area contributed by atoms with E-state index in [4.69, 9.17) is 9.47 Å². The Labute approximate surface area is 210 Å². The summed E-state index contributed by atoms with van der Waals surface area (Å²) in [6, 6.07) is 22.1. The maximum Gasteiger partial charge on any atom is 0.269 e. The summed E-state index contributed by atoms with van der Waals surface area (Å²) in [6.45, 7) is 4.03. The number of pyridine rings is 2. The van der Waals surface area contributed by atoms with Gasteiger partial charge in [0, 0.05) is 38.6 Å². The number of benzene rings is 2. The van der Waals surface area contributed by atoms with E-state index in [2.05, 4.69) is 20.6 Å². The first-order chi connectivity index (χ1) is 17.4. The van der Waals surface area contributed by atoms with Crippen molar-refractivity contribution >= 4 is 11.8 Å². The Kier molecular flexibility index (Phi) is 9.11. The Morgan fingerprint density at radius 2 is 0.944 bits per heavy atom. The molecule has 0 aliphatic rings. The van der Waals surface area contributed by atoms with Gasteiger partial charge in [0.05, 0.1) is 0 Å². The molecule has 0 saturated heterocycles. The highest BCUT2D eigenvalue weighted by Gasteiger charge is 2.07. The Balaban J connectivity index is 0.000000201. The smallest absolute Gasteiger partial charge is 0.269 e. The van der Waals surface area contributed by atoms with Crippen molar-refractivity contribution < 1.29 is 19.1 Å². The van der Waals surface area contributed by atoms with Gasteiger partial charge < -0.3 is 20.1 Å². The van der Waals surface area contributed by atoms with Gasteiger partial charge in [-0.2, -0.15) is 0 Å². The van der Waals surface area contributed by atoms with E-state index in [-0.39, 0.29) is 11.8 Å². The largest absolute Gasteiger partial charge is 0.457 e. The molecule has 4 rings (SSSR count). The first kappa shape index (κ1) is 25.9.